The van der Waals surface area contributed by atoms with Crippen LogP contribution in [0.15, 0.2) is 24.5 Å². The highest BCUT2D eigenvalue weighted by molar-refractivity contribution is 5.26. The fourth-order valence-electron chi connectivity index (χ4n) is 1.28. The van der Waals surface area contributed by atoms with Crippen LogP contribution in [0, 0.1) is 6.92 Å². The average Bonchev–Trinajstić information content (AvgIpc) is 2.61. The zero-order valence-corrected chi connectivity index (χ0v) is 7.88. The van der Waals surface area contributed by atoms with Gasteiger partial charge >= 0.3 is 0 Å². The molecule has 72 valence electrons. The van der Waals surface area contributed by atoms with E-state index in [0.29, 0.717) is 12.4 Å². The van der Waals surface area contributed by atoms with Crippen molar-refractivity contribution in [2.24, 2.45) is 5.73 Å². The first-order valence-electron chi connectivity index (χ1n) is 4.34. The van der Waals surface area contributed by atoms with Gasteiger partial charge in [-0.2, -0.15) is 10.2 Å². The summed E-state index contributed by atoms with van der Waals surface area (Å²) in [5.41, 5.74) is 7.58. The van der Waals surface area contributed by atoms with Crippen LogP contribution in [0.4, 0.5) is 0 Å². The first kappa shape index (κ1) is 8.83. The van der Waals surface area contributed by atoms with E-state index in [4.69, 9.17) is 5.73 Å². The molecule has 0 amide bonds. The lowest BCUT2D eigenvalue weighted by molar-refractivity contribution is 0.788. The molecule has 14 heavy (non-hydrogen) atoms. The van der Waals surface area contributed by atoms with E-state index in [9.17, 15) is 0 Å². The SMILES string of the molecule is Cc1c(CN)cnn1-c1cccnn1. The number of rotatable bonds is 2. The molecule has 0 atom stereocenters. The Bertz CT molecular complexity index is 420. The predicted octanol–water partition coefficient (Wildman–Crippen LogP) is 0.429. The van der Waals surface area contributed by atoms with Gasteiger partial charge < -0.3 is 5.73 Å². The van der Waals surface area contributed by atoms with Gasteiger partial charge in [0.25, 0.3) is 0 Å². The van der Waals surface area contributed by atoms with E-state index in [1.165, 1.54) is 0 Å². The van der Waals surface area contributed by atoms with E-state index in [-0.39, 0.29) is 0 Å². The van der Waals surface area contributed by atoms with Gasteiger partial charge in [-0.15, -0.1) is 5.10 Å². The third kappa shape index (κ3) is 1.38. The summed E-state index contributed by atoms with van der Waals surface area (Å²) < 4.78 is 1.73. The van der Waals surface area contributed by atoms with Crippen molar-refractivity contribution in [1.29, 1.82) is 0 Å². The lowest BCUT2D eigenvalue weighted by Gasteiger charge is -2.01. The molecular weight excluding hydrogens is 178 g/mol. The Labute approximate surface area is 81.6 Å². The van der Waals surface area contributed by atoms with Crippen LogP contribution in [-0.2, 0) is 6.54 Å². The Morgan fingerprint density at radius 2 is 2.36 bits per heavy atom. The molecule has 0 aliphatic rings. The number of hydrogen-bond donors (Lipinski definition) is 1. The molecule has 2 aromatic rings. The number of aromatic nitrogens is 4. The van der Waals surface area contributed by atoms with Crippen molar-refractivity contribution in [2.45, 2.75) is 13.5 Å². The van der Waals surface area contributed by atoms with E-state index < -0.39 is 0 Å². The number of nitrogens with two attached hydrogens (primary N) is 1. The molecule has 0 aliphatic carbocycles. The van der Waals surface area contributed by atoms with E-state index in [0.717, 1.165) is 11.3 Å². The summed E-state index contributed by atoms with van der Waals surface area (Å²) in [6.07, 6.45) is 3.39. The van der Waals surface area contributed by atoms with Crippen LogP contribution in [0.1, 0.15) is 11.3 Å². The highest BCUT2D eigenvalue weighted by Crippen LogP contribution is 2.10. The summed E-state index contributed by atoms with van der Waals surface area (Å²) in [6.45, 7) is 2.45. The summed E-state index contributed by atoms with van der Waals surface area (Å²) in [5, 5.41) is 12.0. The smallest absolute Gasteiger partial charge is 0.175 e. The van der Waals surface area contributed by atoms with Crippen LogP contribution in [0.5, 0.6) is 0 Å². The van der Waals surface area contributed by atoms with Gasteiger partial charge in [0.15, 0.2) is 5.82 Å². The van der Waals surface area contributed by atoms with Gasteiger partial charge in [-0.05, 0) is 19.1 Å². The summed E-state index contributed by atoms with van der Waals surface area (Å²) in [7, 11) is 0. The molecule has 0 radical (unpaired) electrons. The molecule has 2 aromatic heterocycles. The Kier molecular flexibility index (Phi) is 2.24. The van der Waals surface area contributed by atoms with Gasteiger partial charge in [0.2, 0.25) is 0 Å². The van der Waals surface area contributed by atoms with Crippen molar-refractivity contribution in [3.63, 3.8) is 0 Å². The number of hydrogen-bond acceptors (Lipinski definition) is 4. The molecule has 0 spiro atoms. The minimum atomic E-state index is 0.492. The molecule has 0 unspecified atom stereocenters. The van der Waals surface area contributed by atoms with E-state index >= 15 is 0 Å². The molecule has 0 saturated carbocycles. The highest BCUT2D eigenvalue weighted by Gasteiger charge is 2.06. The van der Waals surface area contributed by atoms with Crippen LogP contribution >= 0.6 is 0 Å². The maximum atomic E-state index is 5.55. The van der Waals surface area contributed by atoms with Gasteiger partial charge in [-0.3, -0.25) is 0 Å². The fourth-order valence-corrected chi connectivity index (χ4v) is 1.28. The molecule has 2 rings (SSSR count). The Hall–Kier alpha value is -1.75. The Morgan fingerprint density at radius 1 is 1.50 bits per heavy atom. The molecule has 2 heterocycles. The first-order valence-corrected chi connectivity index (χ1v) is 4.34. The third-order valence-electron chi connectivity index (χ3n) is 2.11. The molecule has 0 bridgehead atoms. The minimum absolute atomic E-state index is 0.492. The van der Waals surface area contributed by atoms with E-state index in [2.05, 4.69) is 15.3 Å². The van der Waals surface area contributed by atoms with Crippen LogP contribution in [0.3, 0.4) is 0 Å². The summed E-state index contributed by atoms with van der Waals surface area (Å²) in [4.78, 5) is 0. The monoisotopic (exact) mass is 189 g/mol. The molecule has 0 saturated heterocycles. The van der Waals surface area contributed by atoms with Gasteiger partial charge in [0.1, 0.15) is 0 Å². The van der Waals surface area contributed by atoms with Crippen LogP contribution < -0.4 is 5.73 Å². The zero-order valence-electron chi connectivity index (χ0n) is 7.88. The summed E-state index contributed by atoms with van der Waals surface area (Å²) in [6, 6.07) is 3.68. The van der Waals surface area contributed by atoms with Gasteiger partial charge in [0, 0.05) is 24.0 Å². The molecular formula is C9H11N5. The lowest BCUT2D eigenvalue weighted by atomic mass is 10.3. The van der Waals surface area contributed by atoms with Crippen molar-refractivity contribution in [1.82, 2.24) is 20.0 Å². The Balaban J connectivity index is 2.48. The Morgan fingerprint density at radius 3 is 2.93 bits per heavy atom. The van der Waals surface area contributed by atoms with Crippen molar-refractivity contribution in [3.05, 3.63) is 35.8 Å². The normalized spacial score (nSPS) is 10.4. The second-order valence-corrected chi connectivity index (χ2v) is 2.95. The van der Waals surface area contributed by atoms with Crippen molar-refractivity contribution in [2.75, 3.05) is 0 Å². The summed E-state index contributed by atoms with van der Waals surface area (Å²) >= 11 is 0. The van der Waals surface area contributed by atoms with E-state index in [1.54, 1.807) is 17.1 Å². The second-order valence-electron chi connectivity index (χ2n) is 2.95. The molecule has 0 aromatic carbocycles. The quantitative estimate of drug-likeness (QED) is 0.743. The van der Waals surface area contributed by atoms with Crippen LogP contribution in [-0.4, -0.2) is 20.0 Å². The van der Waals surface area contributed by atoms with Crippen molar-refractivity contribution in [3.8, 4) is 5.82 Å². The first-order chi connectivity index (χ1) is 6.83. The molecule has 0 fully saturated rings. The largest absolute Gasteiger partial charge is 0.326 e. The van der Waals surface area contributed by atoms with E-state index in [1.807, 2.05) is 19.1 Å². The maximum absolute atomic E-state index is 5.55. The molecule has 0 aliphatic heterocycles. The van der Waals surface area contributed by atoms with Gasteiger partial charge in [-0.1, -0.05) is 0 Å². The fraction of sp³-hybridized carbons (Fsp3) is 0.222. The molecule has 5 heteroatoms. The topological polar surface area (TPSA) is 69.6 Å². The number of nitrogens with zero attached hydrogens (tertiary/aromatic N) is 4. The molecule has 2 N–H and O–H groups in total. The van der Waals surface area contributed by atoms with Gasteiger partial charge in [0.05, 0.1) is 6.20 Å². The van der Waals surface area contributed by atoms with Crippen LogP contribution in [0.25, 0.3) is 5.82 Å². The standard InChI is InChI=1S/C9H11N5/c1-7-8(5-10)6-12-14(7)9-3-2-4-11-13-9/h2-4,6H,5,10H2,1H3. The van der Waals surface area contributed by atoms with Crippen molar-refractivity contribution < 1.29 is 0 Å². The van der Waals surface area contributed by atoms with Crippen molar-refractivity contribution >= 4 is 0 Å². The molecule has 5 nitrogen and oxygen atoms in total. The second kappa shape index (κ2) is 3.55. The lowest BCUT2D eigenvalue weighted by Crippen LogP contribution is -2.04. The predicted molar refractivity (Wildman–Crippen MR) is 51.8 cm³/mol. The summed E-state index contributed by atoms with van der Waals surface area (Å²) in [5.74, 6) is 0.713. The average molecular weight is 189 g/mol. The maximum Gasteiger partial charge on any atom is 0.175 e. The zero-order chi connectivity index (χ0) is 9.97. The third-order valence-corrected chi connectivity index (χ3v) is 2.11. The minimum Gasteiger partial charge on any atom is -0.326 e. The highest BCUT2D eigenvalue weighted by atomic mass is 15.3. The van der Waals surface area contributed by atoms with Gasteiger partial charge in [-0.25, -0.2) is 4.68 Å². The van der Waals surface area contributed by atoms with Crippen LogP contribution in [0.2, 0.25) is 0 Å².